The molecule has 68 valence electrons. The SMILES string of the molecule is CCC1C(=O)C(=O)C1(CC)CC. The Morgan fingerprint density at radius 3 is 1.92 bits per heavy atom. The van der Waals surface area contributed by atoms with E-state index in [-0.39, 0.29) is 22.9 Å². The van der Waals surface area contributed by atoms with E-state index in [0.29, 0.717) is 0 Å². The molecule has 2 heteroatoms. The van der Waals surface area contributed by atoms with Crippen LogP contribution in [-0.4, -0.2) is 11.6 Å². The number of carbonyl (C=O) groups excluding carboxylic acids is 2. The lowest BCUT2D eigenvalue weighted by atomic mass is 9.54. The number of rotatable bonds is 3. The van der Waals surface area contributed by atoms with Crippen LogP contribution < -0.4 is 0 Å². The molecule has 0 aromatic rings. The van der Waals surface area contributed by atoms with E-state index in [1.54, 1.807) is 0 Å². The molecule has 1 aliphatic rings. The summed E-state index contributed by atoms with van der Waals surface area (Å²) < 4.78 is 0. The van der Waals surface area contributed by atoms with Gasteiger partial charge in [0.2, 0.25) is 11.6 Å². The molecule has 1 fully saturated rings. The second kappa shape index (κ2) is 3.00. The zero-order valence-corrected chi connectivity index (χ0v) is 8.02. The predicted molar refractivity (Wildman–Crippen MR) is 46.8 cm³/mol. The van der Waals surface area contributed by atoms with Crippen molar-refractivity contribution in [1.29, 1.82) is 0 Å². The molecule has 1 saturated carbocycles. The van der Waals surface area contributed by atoms with Crippen LogP contribution in [0.1, 0.15) is 40.0 Å². The molecule has 0 saturated heterocycles. The van der Waals surface area contributed by atoms with Crippen molar-refractivity contribution >= 4 is 11.6 Å². The Morgan fingerprint density at radius 2 is 1.67 bits per heavy atom. The van der Waals surface area contributed by atoms with Gasteiger partial charge >= 0.3 is 0 Å². The van der Waals surface area contributed by atoms with Crippen LogP contribution in [0.25, 0.3) is 0 Å². The van der Waals surface area contributed by atoms with Crippen LogP contribution in [0.5, 0.6) is 0 Å². The van der Waals surface area contributed by atoms with E-state index in [1.807, 2.05) is 20.8 Å². The van der Waals surface area contributed by atoms with Crippen LogP contribution in [0.15, 0.2) is 0 Å². The third-order valence-electron chi connectivity index (χ3n) is 3.33. The van der Waals surface area contributed by atoms with Crippen molar-refractivity contribution in [2.45, 2.75) is 40.0 Å². The first-order valence-corrected chi connectivity index (χ1v) is 4.72. The molecule has 0 aromatic heterocycles. The van der Waals surface area contributed by atoms with Gasteiger partial charge in [0, 0.05) is 11.3 Å². The van der Waals surface area contributed by atoms with Crippen molar-refractivity contribution in [3.8, 4) is 0 Å². The van der Waals surface area contributed by atoms with Gasteiger partial charge in [0.1, 0.15) is 0 Å². The summed E-state index contributed by atoms with van der Waals surface area (Å²) in [5.41, 5.74) is -0.286. The van der Waals surface area contributed by atoms with Crippen LogP contribution in [0.4, 0.5) is 0 Å². The fraction of sp³-hybridized carbons (Fsp3) is 0.800. The monoisotopic (exact) mass is 168 g/mol. The van der Waals surface area contributed by atoms with Gasteiger partial charge in [0.15, 0.2) is 0 Å². The summed E-state index contributed by atoms with van der Waals surface area (Å²) in [4.78, 5) is 22.5. The number of Topliss-reactive ketones (excluding diaryl/α,β-unsaturated/α-hetero) is 2. The minimum atomic E-state index is -0.286. The van der Waals surface area contributed by atoms with Crippen molar-refractivity contribution in [2.75, 3.05) is 0 Å². The van der Waals surface area contributed by atoms with Gasteiger partial charge in [-0.1, -0.05) is 20.8 Å². The highest BCUT2D eigenvalue weighted by molar-refractivity contribution is 6.47. The van der Waals surface area contributed by atoms with Crippen LogP contribution >= 0.6 is 0 Å². The lowest BCUT2D eigenvalue weighted by molar-refractivity contribution is -0.162. The summed E-state index contributed by atoms with van der Waals surface area (Å²) in [6.07, 6.45) is 2.44. The lowest BCUT2D eigenvalue weighted by Gasteiger charge is -2.44. The van der Waals surface area contributed by atoms with E-state index < -0.39 is 0 Å². The average molecular weight is 168 g/mol. The van der Waals surface area contributed by atoms with Crippen molar-refractivity contribution < 1.29 is 9.59 Å². The Balaban J connectivity index is 2.89. The molecule has 0 N–H and O–H groups in total. The Hall–Kier alpha value is -0.660. The van der Waals surface area contributed by atoms with Gasteiger partial charge in [-0.15, -0.1) is 0 Å². The third-order valence-corrected chi connectivity index (χ3v) is 3.33. The van der Waals surface area contributed by atoms with Gasteiger partial charge < -0.3 is 0 Å². The highest BCUT2D eigenvalue weighted by atomic mass is 16.2. The number of hydrogen-bond donors (Lipinski definition) is 0. The van der Waals surface area contributed by atoms with Crippen molar-refractivity contribution in [2.24, 2.45) is 11.3 Å². The molecule has 1 aliphatic carbocycles. The molecule has 0 heterocycles. The van der Waals surface area contributed by atoms with E-state index in [4.69, 9.17) is 0 Å². The number of carbonyl (C=O) groups is 2. The second-order valence-electron chi connectivity index (χ2n) is 3.52. The minimum Gasteiger partial charge on any atom is -0.291 e. The number of hydrogen-bond acceptors (Lipinski definition) is 2. The van der Waals surface area contributed by atoms with Crippen LogP contribution in [0.2, 0.25) is 0 Å². The third kappa shape index (κ3) is 0.869. The summed E-state index contributed by atoms with van der Waals surface area (Å²) in [6, 6.07) is 0. The van der Waals surface area contributed by atoms with E-state index in [0.717, 1.165) is 19.3 Å². The maximum atomic E-state index is 11.4. The molecule has 12 heavy (non-hydrogen) atoms. The molecular weight excluding hydrogens is 152 g/mol. The van der Waals surface area contributed by atoms with Crippen molar-refractivity contribution in [1.82, 2.24) is 0 Å². The molecule has 0 radical (unpaired) electrons. The Bertz CT molecular complexity index is 214. The summed E-state index contributed by atoms with van der Waals surface area (Å²) in [5.74, 6) is -0.249. The summed E-state index contributed by atoms with van der Waals surface area (Å²) in [6.45, 7) is 5.97. The van der Waals surface area contributed by atoms with Gasteiger partial charge in [-0.05, 0) is 19.3 Å². The highest BCUT2D eigenvalue weighted by Crippen LogP contribution is 2.47. The van der Waals surface area contributed by atoms with Gasteiger partial charge in [0.25, 0.3) is 0 Å². The Morgan fingerprint density at radius 1 is 1.17 bits per heavy atom. The molecule has 1 rings (SSSR count). The van der Waals surface area contributed by atoms with Gasteiger partial charge in [0.05, 0.1) is 0 Å². The lowest BCUT2D eigenvalue weighted by Crippen LogP contribution is -2.57. The molecule has 0 spiro atoms. The van der Waals surface area contributed by atoms with Crippen molar-refractivity contribution in [3.05, 3.63) is 0 Å². The molecule has 0 aromatic carbocycles. The second-order valence-corrected chi connectivity index (χ2v) is 3.52. The van der Waals surface area contributed by atoms with E-state index in [1.165, 1.54) is 0 Å². The summed E-state index contributed by atoms with van der Waals surface area (Å²) in [5, 5.41) is 0. The predicted octanol–water partition coefficient (Wildman–Crippen LogP) is 1.97. The summed E-state index contributed by atoms with van der Waals surface area (Å²) >= 11 is 0. The quantitative estimate of drug-likeness (QED) is 0.604. The molecular formula is C10H16O2. The Labute approximate surface area is 73.3 Å². The molecule has 1 atom stereocenters. The first-order valence-electron chi connectivity index (χ1n) is 4.72. The summed E-state index contributed by atoms with van der Waals surface area (Å²) in [7, 11) is 0. The maximum absolute atomic E-state index is 11.4. The fourth-order valence-corrected chi connectivity index (χ4v) is 2.38. The highest BCUT2D eigenvalue weighted by Gasteiger charge is 2.58. The molecule has 1 unspecified atom stereocenters. The smallest absolute Gasteiger partial charge is 0.205 e. The zero-order chi connectivity index (χ0) is 9.35. The van der Waals surface area contributed by atoms with Gasteiger partial charge in [-0.2, -0.15) is 0 Å². The van der Waals surface area contributed by atoms with Gasteiger partial charge in [-0.25, -0.2) is 0 Å². The Kier molecular flexibility index (Phi) is 2.36. The molecule has 0 amide bonds. The fourth-order valence-electron chi connectivity index (χ4n) is 2.38. The van der Waals surface area contributed by atoms with Crippen LogP contribution in [0, 0.1) is 11.3 Å². The normalized spacial score (nSPS) is 27.1. The minimum absolute atomic E-state index is 0.0139. The molecule has 0 bridgehead atoms. The zero-order valence-electron chi connectivity index (χ0n) is 8.02. The largest absolute Gasteiger partial charge is 0.291 e. The van der Waals surface area contributed by atoms with Gasteiger partial charge in [-0.3, -0.25) is 9.59 Å². The first-order chi connectivity index (χ1) is 5.64. The van der Waals surface area contributed by atoms with Crippen LogP contribution in [-0.2, 0) is 9.59 Å². The average Bonchev–Trinajstić information content (AvgIpc) is 2.12. The van der Waals surface area contributed by atoms with E-state index >= 15 is 0 Å². The topological polar surface area (TPSA) is 34.1 Å². The van der Waals surface area contributed by atoms with Crippen LogP contribution in [0.3, 0.4) is 0 Å². The number of ketones is 2. The molecule has 0 aliphatic heterocycles. The maximum Gasteiger partial charge on any atom is 0.205 e. The molecule has 2 nitrogen and oxygen atoms in total. The van der Waals surface area contributed by atoms with E-state index in [9.17, 15) is 9.59 Å². The first kappa shape index (κ1) is 9.43. The van der Waals surface area contributed by atoms with E-state index in [2.05, 4.69) is 0 Å². The standard InChI is InChI=1S/C10H16O2/c1-4-7-8(11)9(12)10(7,5-2)6-3/h7H,4-6H2,1-3H3. The van der Waals surface area contributed by atoms with Crippen molar-refractivity contribution in [3.63, 3.8) is 0 Å².